The molecule has 1 saturated heterocycles. The Balaban J connectivity index is 1.36. The van der Waals surface area contributed by atoms with Crippen molar-refractivity contribution in [3.8, 4) is 5.75 Å². The summed E-state index contributed by atoms with van der Waals surface area (Å²) in [6.45, 7) is 3.27. The number of carbonyl (C=O) groups excluding carboxylic acids is 4. The van der Waals surface area contributed by atoms with Crippen LogP contribution in [0.15, 0.2) is 78.9 Å². The molecule has 3 aromatic carbocycles. The fraction of sp³-hybridized carbons (Fsp3) is 0.425. The molecular weight excluding hydrogens is 648 g/mol. The van der Waals surface area contributed by atoms with Gasteiger partial charge in [-0.15, -0.1) is 0 Å². The highest BCUT2D eigenvalue weighted by Gasteiger charge is 2.48. The number of nitrogens with one attached hydrogen (secondary N) is 2. The van der Waals surface area contributed by atoms with Crippen LogP contribution in [0.4, 0.5) is 5.69 Å². The van der Waals surface area contributed by atoms with Gasteiger partial charge in [-0.25, -0.2) is 4.79 Å². The van der Waals surface area contributed by atoms with E-state index < -0.39 is 29.6 Å². The molecule has 3 N–H and O–H groups in total. The molecule has 3 aromatic rings. The van der Waals surface area contributed by atoms with Crippen molar-refractivity contribution in [2.24, 2.45) is 5.41 Å². The molecule has 11 heteroatoms. The molecule has 0 aromatic heterocycles. The first-order valence-electron chi connectivity index (χ1n) is 17.7. The molecule has 270 valence electrons. The van der Waals surface area contributed by atoms with E-state index in [1.165, 1.54) is 13.8 Å². The van der Waals surface area contributed by atoms with Gasteiger partial charge in [0.15, 0.2) is 0 Å². The molecule has 1 saturated carbocycles. The molecule has 1 aliphatic carbocycles. The van der Waals surface area contributed by atoms with E-state index in [1.807, 2.05) is 54.6 Å². The Kier molecular flexibility index (Phi) is 12.1. The lowest BCUT2D eigenvalue weighted by atomic mass is 9.81. The number of carboxylic acid groups (broad SMARTS) is 1. The van der Waals surface area contributed by atoms with Gasteiger partial charge in [-0.3, -0.25) is 24.1 Å². The minimum absolute atomic E-state index is 0.0498. The number of rotatable bonds is 15. The molecule has 4 amide bonds. The summed E-state index contributed by atoms with van der Waals surface area (Å²) in [4.78, 5) is 68.2. The van der Waals surface area contributed by atoms with E-state index >= 15 is 0 Å². The number of carbonyl (C=O) groups is 5. The standard InChI is InChI=1S/C40H48N4O7/c1-27(45)41-24-23-40(21-7-8-22-40)39(50)42-34(38(48)49)25-30-11-16-32(17-12-30)44-36(20-15-29-9-5-4-6-10-29)43(28(2)46)35(37(44)47)26-31-13-18-33(51-3)19-14-31/h4-6,9-14,16-19,34-36H,7-8,15,20-26H2,1-3H3,(H,41,45)(H,42,50)(H,48,49). The second-order valence-electron chi connectivity index (χ2n) is 13.7. The van der Waals surface area contributed by atoms with Crippen LogP contribution in [-0.2, 0) is 43.2 Å². The number of anilines is 1. The van der Waals surface area contributed by atoms with Gasteiger partial charge >= 0.3 is 5.97 Å². The molecule has 51 heavy (non-hydrogen) atoms. The van der Waals surface area contributed by atoms with Crippen molar-refractivity contribution in [2.75, 3.05) is 18.6 Å². The lowest BCUT2D eigenvalue weighted by Crippen LogP contribution is -2.49. The molecule has 3 unspecified atom stereocenters. The van der Waals surface area contributed by atoms with E-state index in [4.69, 9.17) is 4.74 Å². The summed E-state index contributed by atoms with van der Waals surface area (Å²) in [5, 5.41) is 15.6. The van der Waals surface area contributed by atoms with Crippen molar-refractivity contribution in [3.63, 3.8) is 0 Å². The smallest absolute Gasteiger partial charge is 0.326 e. The van der Waals surface area contributed by atoms with Crippen molar-refractivity contribution in [3.05, 3.63) is 95.6 Å². The molecule has 2 aliphatic rings. The number of aryl methyl sites for hydroxylation is 1. The normalized spacial score (nSPS) is 18.7. The Bertz CT molecular complexity index is 1690. The van der Waals surface area contributed by atoms with Gasteiger partial charge in [0, 0.05) is 38.9 Å². The largest absolute Gasteiger partial charge is 0.497 e. The maximum Gasteiger partial charge on any atom is 0.326 e. The van der Waals surface area contributed by atoms with Crippen molar-refractivity contribution in [1.29, 1.82) is 0 Å². The fourth-order valence-corrected chi connectivity index (χ4v) is 7.53. The van der Waals surface area contributed by atoms with Gasteiger partial charge in [0.25, 0.3) is 5.91 Å². The number of hydrogen-bond donors (Lipinski definition) is 3. The van der Waals surface area contributed by atoms with E-state index in [0.717, 1.165) is 24.0 Å². The Morgan fingerprint density at radius 3 is 2.14 bits per heavy atom. The van der Waals surface area contributed by atoms with Gasteiger partial charge in [-0.1, -0.05) is 67.4 Å². The second-order valence-corrected chi connectivity index (χ2v) is 13.7. The molecule has 1 heterocycles. The SMILES string of the molecule is COc1ccc(CC2C(=O)N(c3ccc(CC(NC(=O)C4(CCNC(C)=O)CCCC4)C(=O)O)cc3)C(CCc3ccccc3)N2C(C)=O)cc1. The van der Waals surface area contributed by atoms with Gasteiger partial charge in [0.1, 0.15) is 24.0 Å². The monoisotopic (exact) mass is 696 g/mol. The molecular formula is C40H48N4O7. The Labute approximate surface area is 299 Å². The maximum atomic E-state index is 14.3. The third-order valence-corrected chi connectivity index (χ3v) is 10.2. The zero-order valence-corrected chi connectivity index (χ0v) is 29.6. The minimum atomic E-state index is -1.16. The van der Waals surface area contributed by atoms with Gasteiger partial charge in [-0.05, 0) is 73.1 Å². The van der Waals surface area contributed by atoms with Crippen LogP contribution in [0.1, 0.15) is 69.1 Å². The first-order valence-corrected chi connectivity index (χ1v) is 17.7. The lowest BCUT2D eigenvalue weighted by molar-refractivity contribution is -0.144. The van der Waals surface area contributed by atoms with Crippen LogP contribution in [-0.4, -0.2) is 71.5 Å². The van der Waals surface area contributed by atoms with Crippen molar-refractivity contribution < 1.29 is 33.8 Å². The third kappa shape index (κ3) is 8.95. The van der Waals surface area contributed by atoms with E-state index in [0.29, 0.717) is 62.1 Å². The topological polar surface area (TPSA) is 145 Å². The van der Waals surface area contributed by atoms with E-state index in [1.54, 1.807) is 41.2 Å². The summed E-state index contributed by atoms with van der Waals surface area (Å²) in [5.41, 5.74) is 2.56. The van der Waals surface area contributed by atoms with Gasteiger partial charge < -0.3 is 25.4 Å². The molecule has 2 fully saturated rings. The molecule has 0 spiro atoms. The lowest BCUT2D eigenvalue weighted by Gasteiger charge is -2.31. The molecule has 0 radical (unpaired) electrons. The number of nitrogens with zero attached hydrogens (tertiary/aromatic N) is 2. The average Bonchev–Trinajstić information content (AvgIpc) is 3.71. The number of aliphatic carboxylic acids is 1. The molecule has 3 atom stereocenters. The molecule has 5 rings (SSSR count). The van der Waals surface area contributed by atoms with Crippen LogP contribution in [0.3, 0.4) is 0 Å². The summed E-state index contributed by atoms with van der Waals surface area (Å²) in [5.74, 6) is -1.30. The predicted octanol–water partition coefficient (Wildman–Crippen LogP) is 4.66. The van der Waals surface area contributed by atoms with Crippen LogP contribution in [0.2, 0.25) is 0 Å². The predicted molar refractivity (Wildman–Crippen MR) is 193 cm³/mol. The highest BCUT2D eigenvalue weighted by Crippen LogP contribution is 2.41. The van der Waals surface area contributed by atoms with Crippen LogP contribution in [0.25, 0.3) is 0 Å². The zero-order chi connectivity index (χ0) is 36.5. The number of methoxy groups -OCH3 is 1. The number of carboxylic acids is 1. The van der Waals surface area contributed by atoms with Crippen LogP contribution in [0.5, 0.6) is 5.75 Å². The second kappa shape index (κ2) is 16.7. The first kappa shape index (κ1) is 37.1. The summed E-state index contributed by atoms with van der Waals surface area (Å²) in [7, 11) is 1.59. The maximum absolute atomic E-state index is 14.3. The summed E-state index contributed by atoms with van der Waals surface area (Å²) >= 11 is 0. The molecule has 11 nitrogen and oxygen atoms in total. The highest BCUT2D eigenvalue weighted by molar-refractivity contribution is 6.03. The number of benzene rings is 3. The summed E-state index contributed by atoms with van der Waals surface area (Å²) < 4.78 is 5.29. The highest BCUT2D eigenvalue weighted by atomic mass is 16.5. The number of amides is 4. The van der Waals surface area contributed by atoms with Gasteiger partial charge in [0.05, 0.1) is 12.5 Å². The Hall–Kier alpha value is -5.19. The number of ether oxygens (including phenoxy) is 1. The zero-order valence-electron chi connectivity index (χ0n) is 29.6. The quantitative estimate of drug-likeness (QED) is 0.210. The average molecular weight is 697 g/mol. The van der Waals surface area contributed by atoms with Crippen molar-refractivity contribution in [2.45, 2.75) is 89.9 Å². The summed E-state index contributed by atoms with van der Waals surface area (Å²) in [6, 6.07) is 22.6. The Morgan fingerprint density at radius 2 is 1.55 bits per heavy atom. The third-order valence-electron chi connectivity index (χ3n) is 10.2. The molecule has 0 bridgehead atoms. The summed E-state index contributed by atoms with van der Waals surface area (Å²) in [6.07, 6.45) is 4.51. The van der Waals surface area contributed by atoms with Gasteiger partial charge in [-0.2, -0.15) is 0 Å². The van der Waals surface area contributed by atoms with Crippen LogP contribution in [0, 0.1) is 5.41 Å². The van der Waals surface area contributed by atoms with Crippen molar-refractivity contribution >= 4 is 35.3 Å². The Morgan fingerprint density at radius 1 is 0.902 bits per heavy atom. The first-order chi connectivity index (χ1) is 24.5. The van der Waals surface area contributed by atoms with Crippen LogP contribution >= 0.6 is 0 Å². The van der Waals surface area contributed by atoms with E-state index in [2.05, 4.69) is 10.6 Å². The number of hydrogen-bond acceptors (Lipinski definition) is 6. The van der Waals surface area contributed by atoms with E-state index in [9.17, 15) is 29.1 Å². The minimum Gasteiger partial charge on any atom is -0.497 e. The molecule has 1 aliphatic heterocycles. The fourth-order valence-electron chi connectivity index (χ4n) is 7.53. The van der Waals surface area contributed by atoms with Crippen LogP contribution < -0.4 is 20.3 Å². The van der Waals surface area contributed by atoms with Crippen molar-refractivity contribution in [1.82, 2.24) is 15.5 Å². The van der Waals surface area contributed by atoms with Gasteiger partial charge in [0.2, 0.25) is 17.7 Å². The van der Waals surface area contributed by atoms with E-state index in [-0.39, 0.29) is 30.0 Å².